The topological polar surface area (TPSA) is 108 Å². The summed E-state index contributed by atoms with van der Waals surface area (Å²) in [5, 5.41) is 24.4. The summed E-state index contributed by atoms with van der Waals surface area (Å²) in [6, 6.07) is 6.50. The van der Waals surface area contributed by atoms with Crippen molar-refractivity contribution >= 4 is 60.8 Å². The molecular weight excluding hydrogens is 665 g/mol. The molecule has 0 saturated heterocycles. The van der Waals surface area contributed by atoms with Gasteiger partial charge in [-0.25, -0.2) is 19.7 Å². The van der Waals surface area contributed by atoms with Crippen molar-refractivity contribution in [2.45, 2.75) is 38.0 Å². The number of hydrogen-bond acceptors (Lipinski definition) is 7. The molecular formula is C26H19Br2F3N4O3S. The number of anilines is 2. The van der Waals surface area contributed by atoms with Crippen LogP contribution in [0.4, 0.5) is 24.8 Å². The third kappa shape index (κ3) is 5.20. The molecule has 3 heterocycles. The highest BCUT2D eigenvalue weighted by atomic mass is 79.9. The van der Waals surface area contributed by atoms with Gasteiger partial charge in [0, 0.05) is 16.9 Å². The minimum absolute atomic E-state index is 0.0236. The lowest BCUT2D eigenvalue weighted by Crippen LogP contribution is -2.32. The van der Waals surface area contributed by atoms with Gasteiger partial charge in [0.25, 0.3) is 0 Å². The Hall–Kier alpha value is -2.87. The Labute approximate surface area is 241 Å². The number of aliphatic hydroxyl groups is 1. The van der Waals surface area contributed by atoms with Crippen molar-refractivity contribution in [3.8, 4) is 10.6 Å². The van der Waals surface area contributed by atoms with Gasteiger partial charge in [0.05, 0.1) is 26.2 Å². The molecule has 1 aliphatic carbocycles. The quantitative estimate of drug-likeness (QED) is 0.200. The second kappa shape index (κ2) is 10.3. The number of fused-ring (bicyclic) bond motifs is 1. The minimum atomic E-state index is -4.52. The lowest BCUT2D eigenvalue weighted by Gasteiger charge is -2.33. The number of benzene rings is 1. The first-order chi connectivity index (χ1) is 18.4. The van der Waals surface area contributed by atoms with Crippen molar-refractivity contribution < 1.29 is 28.2 Å². The van der Waals surface area contributed by atoms with Gasteiger partial charge in [-0.05, 0) is 99.0 Å². The molecule has 3 aromatic heterocycles. The van der Waals surface area contributed by atoms with Crippen LogP contribution in [0.5, 0.6) is 0 Å². The monoisotopic (exact) mass is 682 g/mol. The van der Waals surface area contributed by atoms with E-state index in [9.17, 15) is 28.2 Å². The smallest absolute Gasteiger partial charge is 0.416 e. The van der Waals surface area contributed by atoms with Gasteiger partial charge in [-0.3, -0.25) is 0 Å². The fourth-order valence-electron chi connectivity index (χ4n) is 4.51. The van der Waals surface area contributed by atoms with Crippen molar-refractivity contribution in [2.75, 3.05) is 5.32 Å². The summed E-state index contributed by atoms with van der Waals surface area (Å²) in [5.74, 6) is -0.797. The highest BCUT2D eigenvalue weighted by Crippen LogP contribution is 2.46. The number of nitrogens with one attached hydrogen (secondary N) is 1. The van der Waals surface area contributed by atoms with Crippen molar-refractivity contribution in [1.82, 2.24) is 15.0 Å². The molecule has 0 aliphatic heterocycles. The molecule has 7 nitrogen and oxygen atoms in total. The Kier molecular flexibility index (Phi) is 7.29. The molecule has 0 bridgehead atoms. The van der Waals surface area contributed by atoms with E-state index in [0.29, 0.717) is 49.4 Å². The van der Waals surface area contributed by atoms with Crippen LogP contribution in [-0.4, -0.2) is 31.1 Å². The van der Waals surface area contributed by atoms with E-state index in [2.05, 4.69) is 52.1 Å². The maximum atomic E-state index is 13.2. The summed E-state index contributed by atoms with van der Waals surface area (Å²) in [6.45, 7) is 1.82. The predicted octanol–water partition coefficient (Wildman–Crippen LogP) is 7.47. The van der Waals surface area contributed by atoms with Gasteiger partial charge in [0.15, 0.2) is 0 Å². The molecule has 5 rings (SSSR count). The van der Waals surface area contributed by atoms with Crippen LogP contribution in [0.25, 0.3) is 10.6 Å². The third-order valence-electron chi connectivity index (χ3n) is 6.51. The van der Waals surface area contributed by atoms with E-state index in [-0.39, 0.29) is 17.2 Å². The minimum Gasteiger partial charge on any atom is -0.478 e. The second-order valence-corrected chi connectivity index (χ2v) is 11.7. The van der Waals surface area contributed by atoms with Crippen LogP contribution in [-0.2, 0) is 18.2 Å². The molecule has 0 spiro atoms. The summed E-state index contributed by atoms with van der Waals surface area (Å²) in [7, 11) is 0. The molecule has 3 N–H and O–H groups in total. The number of carboxylic acids is 1. The van der Waals surface area contributed by atoms with Gasteiger partial charge in [-0.1, -0.05) is 6.07 Å². The lowest BCUT2D eigenvalue weighted by molar-refractivity contribution is -0.137. The normalized spacial score (nSPS) is 17.1. The van der Waals surface area contributed by atoms with Gasteiger partial charge in [0.2, 0.25) is 0 Å². The highest BCUT2D eigenvalue weighted by molar-refractivity contribution is 9.11. The van der Waals surface area contributed by atoms with E-state index in [1.165, 1.54) is 17.4 Å². The molecule has 0 radical (unpaired) electrons. The third-order valence-corrected chi connectivity index (χ3v) is 9.60. The Balaban J connectivity index is 1.53. The summed E-state index contributed by atoms with van der Waals surface area (Å²) in [4.78, 5) is 25.2. The van der Waals surface area contributed by atoms with Crippen LogP contribution in [0, 0.1) is 6.92 Å². The van der Waals surface area contributed by atoms with Crippen LogP contribution in [0.3, 0.4) is 0 Å². The number of thiazole rings is 1. The molecule has 1 atom stereocenters. The molecule has 1 aromatic carbocycles. The van der Waals surface area contributed by atoms with Gasteiger partial charge in [0.1, 0.15) is 22.2 Å². The summed E-state index contributed by atoms with van der Waals surface area (Å²) < 4.78 is 40.7. The Morgan fingerprint density at radius 3 is 2.64 bits per heavy atom. The fraction of sp³-hybridized carbons (Fsp3) is 0.231. The molecule has 0 saturated carbocycles. The van der Waals surface area contributed by atoms with Gasteiger partial charge >= 0.3 is 12.1 Å². The Morgan fingerprint density at radius 2 is 1.92 bits per heavy atom. The van der Waals surface area contributed by atoms with Crippen LogP contribution >= 0.6 is 43.2 Å². The number of pyridine rings is 2. The van der Waals surface area contributed by atoms with Crippen LogP contribution in [0.15, 0.2) is 51.7 Å². The van der Waals surface area contributed by atoms with E-state index in [1.54, 1.807) is 18.3 Å². The number of aryl methyl sites for hydroxylation is 1. The number of halogens is 5. The first kappa shape index (κ1) is 27.7. The highest BCUT2D eigenvalue weighted by Gasteiger charge is 2.39. The maximum Gasteiger partial charge on any atom is 0.416 e. The average molecular weight is 684 g/mol. The number of aromatic nitrogens is 3. The number of hydrogen-bond donors (Lipinski definition) is 3. The van der Waals surface area contributed by atoms with Gasteiger partial charge in [-0.2, -0.15) is 13.2 Å². The summed E-state index contributed by atoms with van der Waals surface area (Å²) >= 11 is 8.27. The second-order valence-electron chi connectivity index (χ2n) is 9.04. The molecule has 0 fully saturated rings. The van der Waals surface area contributed by atoms with Crippen molar-refractivity contribution in [1.29, 1.82) is 0 Å². The van der Waals surface area contributed by atoms with Gasteiger partial charge < -0.3 is 15.5 Å². The Bertz CT molecular complexity index is 1610. The summed E-state index contributed by atoms with van der Waals surface area (Å²) in [6.07, 6.45) is -0.139. The van der Waals surface area contributed by atoms with E-state index in [1.807, 2.05) is 6.92 Å². The molecule has 1 unspecified atom stereocenters. The standard InChI is InChI=1S/C26H19Br2F3N4O3S/c1-12-19(27)21(35-22(20(12)28)34-18-10-15(6-8-32-18)26(29,30)31)17-11-33-24(39-17)25(38)7-2-3-13-9-14(23(36)37)4-5-16(13)25/h4-6,8-11,38H,2-3,7H2,1H3,(H,36,37)(H,32,34,35). The van der Waals surface area contributed by atoms with E-state index in [4.69, 9.17) is 0 Å². The van der Waals surface area contributed by atoms with Crippen molar-refractivity contribution in [3.63, 3.8) is 0 Å². The zero-order valence-electron chi connectivity index (χ0n) is 20.1. The Morgan fingerprint density at radius 1 is 1.15 bits per heavy atom. The SMILES string of the molecule is Cc1c(Br)c(Nc2cc(C(F)(F)F)ccn2)nc(-c2cnc(C3(O)CCCc4cc(C(=O)O)ccc43)s2)c1Br. The molecule has 13 heteroatoms. The van der Waals surface area contributed by atoms with E-state index >= 15 is 0 Å². The average Bonchev–Trinajstić information content (AvgIpc) is 3.39. The zero-order valence-corrected chi connectivity index (χ0v) is 24.1. The molecule has 0 amide bonds. The van der Waals surface area contributed by atoms with Crippen molar-refractivity contribution in [3.05, 3.63) is 84.5 Å². The number of carboxylic acid groups (broad SMARTS) is 1. The van der Waals surface area contributed by atoms with E-state index in [0.717, 1.165) is 29.5 Å². The summed E-state index contributed by atoms with van der Waals surface area (Å²) in [5.41, 5.74) is 0.534. The van der Waals surface area contributed by atoms with Crippen LogP contribution in [0.1, 0.15) is 50.5 Å². The number of nitrogens with zero attached hydrogens (tertiary/aromatic N) is 3. The molecule has 202 valence electrons. The zero-order chi connectivity index (χ0) is 28.1. The fourth-order valence-corrected chi connectivity index (χ4v) is 6.84. The van der Waals surface area contributed by atoms with E-state index < -0.39 is 23.3 Å². The largest absolute Gasteiger partial charge is 0.478 e. The number of aromatic carboxylic acids is 1. The van der Waals surface area contributed by atoms with Crippen LogP contribution in [0.2, 0.25) is 0 Å². The van der Waals surface area contributed by atoms with Crippen molar-refractivity contribution in [2.24, 2.45) is 0 Å². The maximum absolute atomic E-state index is 13.2. The molecule has 39 heavy (non-hydrogen) atoms. The first-order valence-corrected chi connectivity index (χ1v) is 14.0. The first-order valence-electron chi connectivity index (χ1n) is 11.6. The predicted molar refractivity (Wildman–Crippen MR) is 147 cm³/mol. The molecule has 1 aliphatic rings. The van der Waals surface area contributed by atoms with Crippen LogP contribution < -0.4 is 5.32 Å². The lowest BCUT2D eigenvalue weighted by atomic mass is 9.79. The van der Waals surface area contributed by atoms with Gasteiger partial charge in [-0.15, -0.1) is 11.3 Å². The number of carbonyl (C=O) groups is 1. The molecule has 4 aromatic rings. The number of rotatable bonds is 5. The number of alkyl halides is 3.